The largest absolute Gasteiger partial charge is 0.433 e. The molecule has 0 atom stereocenters. The number of hydrogen-bond acceptors (Lipinski definition) is 3. The number of carbonyl (C=O) groups excluding carboxylic acids is 1. The van der Waals surface area contributed by atoms with Crippen molar-refractivity contribution in [3.05, 3.63) is 94.5 Å². The van der Waals surface area contributed by atoms with Crippen LogP contribution in [-0.4, -0.2) is 20.5 Å². The van der Waals surface area contributed by atoms with Gasteiger partial charge < -0.3 is 5.32 Å². The summed E-state index contributed by atoms with van der Waals surface area (Å²) in [5, 5.41) is 7.66. The molecule has 0 unspecified atom stereocenters. The highest BCUT2D eigenvalue weighted by molar-refractivity contribution is 9.10. The molecular weight excluding hydrogens is 516 g/mol. The van der Waals surface area contributed by atoms with Crippen LogP contribution in [0.15, 0.2) is 77.4 Å². The van der Waals surface area contributed by atoms with Crippen LogP contribution in [0.4, 0.5) is 23.2 Å². The zero-order valence-corrected chi connectivity index (χ0v) is 18.7. The fraction of sp³-hybridized carbons (Fsp3) is 0.0417. The Balaban J connectivity index is 1.69. The van der Waals surface area contributed by atoms with Gasteiger partial charge in [-0.2, -0.15) is 18.3 Å². The first-order valence-electron chi connectivity index (χ1n) is 9.93. The van der Waals surface area contributed by atoms with Crippen molar-refractivity contribution >= 4 is 43.9 Å². The summed E-state index contributed by atoms with van der Waals surface area (Å²) in [6.07, 6.45) is -3.78. The lowest BCUT2D eigenvalue weighted by atomic mass is 10.0. The van der Waals surface area contributed by atoms with Crippen molar-refractivity contribution in [2.45, 2.75) is 6.18 Å². The number of halogens is 5. The number of anilines is 1. The zero-order chi connectivity index (χ0) is 24.0. The highest BCUT2D eigenvalue weighted by Gasteiger charge is 2.36. The van der Waals surface area contributed by atoms with E-state index in [0.717, 1.165) is 23.7 Å². The van der Waals surface area contributed by atoms with Gasteiger partial charge in [0.15, 0.2) is 11.3 Å². The molecule has 0 bridgehead atoms. The summed E-state index contributed by atoms with van der Waals surface area (Å²) >= 11 is 3.12. The van der Waals surface area contributed by atoms with Crippen molar-refractivity contribution in [3.8, 4) is 11.3 Å². The standard InChI is InChI=1S/C24H13BrF4N4O/c25-14-8-9-19(18(26)10-14)32-23(34)17-12-30-33-21(24(27,28)29)11-20(31-22(17)33)16-7-3-5-13-4-1-2-6-15(13)16/h1-12H,(H,32,34). The summed E-state index contributed by atoms with van der Waals surface area (Å²) in [4.78, 5) is 17.3. The lowest BCUT2D eigenvalue weighted by Gasteiger charge is -2.13. The van der Waals surface area contributed by atoms with Gasteiger partial charge in [-0.15, -0.1) is 0 Å². The molecule has 1 N–H and O–H groups in total. The van der Waals surface area contributed by atoms with Gasteiger partial charge in [0.05, 0.1) is 17.6 Å². The van der Waals surface area contributed by atoms with Gasteiger partial charge in [0.1, 0.15) is 11.4 Å². The smallest absolute Gasteiger partial charge is 0.319 e. The number of rotatable bonds is 3. The van der Waals surface area contributed by atoms with Crippen molar-refractivity contribution in [1.82, 2.24) is 14.6 Å². The van der Waals surface area contributed by atoms with Crippen LogP contribution in [-0.2, 0) is 6.18 Å². The Morgan fingerprint density at radius 2 is 1.76 bits per heavy atom. The van der Waals surface area contributed by atoms with Crippen LogP contribution < -0.4 is 5.32 Å². The Labute approximate surface area is 198 Å². The third kappa shape index (κ3) is 3.90. The van der Waals surface area contributed by atoms with Gasteiger partial charge in [0, 0.05) is 10.0 Å². The molecule has 0 saturated carbocycles. The SMILES string of the molecule is O=C(Nc1ccc(Br)cc1F)c1cnn2c(C(F)(F)F)cc(-c3cccc4ccccc34)nc12. The van der Waals surface area contributed by atoms with Crippen molar-refractivity contribution in [1.29, 1.82) is 0 Å². The van der Waals surface area contributed by atoms with E-state index in [-0.39, 0.29) is 22.6 Å². The molecule has 5 nitrogen and oxygen atoms in total. The molecule has 2 aromatic heterocycles. The molecule has 1 amide bonds. The predicted octanol–water partition coefficient (Wildman–Crippen LogP) is 6.72. The number of alkyl halides is 3. The van der Waals surface area contributed by atoms with Crippen LogP contribution in [0.3, 0.4) is 0 Å². The summed E-state index contributed by atoms with van der Waals surface area (Å²) in [6, 6.07) is 17.4. The van der Waals surface area contributed by atoms with Crippen LogP contribution >= 0.6 is 15.9 Å². The second-order valence-corrected chi connectivity index (χ2v) is 8.34. The summed E-state index contributed by atoms with van der Waals surface area (Å²) in [5.74, 6) is -1.55. The third-order valence-electron chi connectivity index (χ3n) is 5.25. The van der Waals surface area contributed by atoms with Gasteiger partial charge in [0.25, 0.3) is 5.91 Å². The van der Waals surface area contributed by atoms with Crippen LogP contribution in [0.5, 0.6) is 0 Å². The molecule has 0 spiro atoms. The van der Waals surface area contributed by atoms with E-state index in [1.54, 1.807) is 24.3 Å². The van der Waals surface area contributed by atoms with Crippen molar-refractivity contribution in [2.75, 3.05) is 5.32 Å². The monoisotopic (exact) mass is 528 g/mol. The van der Waals surface area contributed by atoms with Gasteiger partial charge in [-0.1, -0.05) is 58.4 Å². The Kier molecular flexibility index (Phi) is 5.32. The van der Waals surface area contributed by atoms with Crippen molar-refractivity contribution in [2.24, 2.45) is 0 Å². The topological polar surface area (TPSA) is 59.3 Å². The van der Waals surface area contributed by atoms with E-state index in [1.165, 1.54) is 12.1 Å². The van der Waals surface area contributed by atoms with E-state index < -0.39 is 23.6 Å². The fourth-order valence-electron chi connectivity index (χ4n) is 3.69. The lowest BCUT2D eigenvalue weighted by molar-refractivity contribution is -0.142. The minimum absolute atomic E-state index is 0.0287. The lowest BCUT2D eigenvalue weighted by Crippen LogP contribution is -2.16. The molecule has 0 aliphatic rings. The molecule has 0 saturated heterocycles. The molecule has 5 aromatic rings. The Morgan fingerprint density at radius 1 is 1.00 bits per heavy atom. The maximum atomic E-state index is 14.2. The van der Waals surface area contributed by atoms with E-state index in [4.69, 9.17) is 0 Å². The number of benzene rings is 3. The quantitative estimate of drug-likeness (QED) is 0.264. The van der Waals surface area contributed by atoms with Crippen LogP contribution in [0, 0.1) is 5.82 Å². The van der Waals surface area contributed by atoms with Gasteiger partial charge in [-0.25, -0.2) is 13.9 Å². The predicted molar refractivity (Wildman–Crippen MR) is 123 cm³/mol. The maximum Gasteiger partial charge on any atom is 0.433 e. The van der Waals surface area contributed by atoms with Gasteiger partial charge in [-0.05, 0) is 35.0 Å². The van der Waals surface area contributed by atoms with E-state index in [9.17, 15) is 22.4 Å². The molecule has 10 heteroatoms. The summed E-state index contributed by atoms with van der Waals surface area (Å²) in [7, 11) is 0. The molecule has 5 rings (SSSR count). The van der Waals surface area contributed by atoms with Gasteiger partial charge in [0.2, 0.25) is 0 Å². The Bertz CT molecular complexity index is 1570. The number of hydrogen-bond donors (Lipinski definition) is 1. The molecule has 0 aliphatic heterocycles. The van der Waals surface area contributed by atoms with E-state index in [1.807, 2.05) is 18.2 Å². The molecule has 3 aromatic carbocycles. The van der Waals surface area contributed by atoms with Gasteiger partial charge in [-0.3, -0.25) is 4.79 Å². The number of fused-ring (bicyclic) bond motifs is 2. The molecule has 2 heterocycles. The third-order valence-corrected chi connectivity index (χ3v) is 5.75. The second kappa shape index (κ2) is 8.21. The Hall–Kier alpha value is -3.79. The number of carbonyl (C=O) groups is 1. The molecule has 0 aliphatic carbocycles. The van der Waals surface area contributed by atoms with Crippen molar-refractivity contribution < 1.29 is 22.4 Å². The van der Waals surface area contributed by atoms with Crippen molar-refractivity contribution in [3.63, 3.8) is 0 Å². The fourth-order valence-corrected chi connectivity index (χ4v) is 4.03. The molecule has 0 radical (unpaired) electrons. The molecule has 34 heavy (non-hydrogen) atoms. The average molecular weight is 529 g/mol. The number of amides is 1. The van der Waals surface area contributed by atoms with Crippen LogP contribution in [0.1, 0.15) is 16.1 Å². The molecule has 170 valence electrons. The summed E-state index contributed by atoms with van der Waals surface area (Å²) in [6.45, 7) is 0. The van der Waals surface area contributed by atoms with E-state index >= 15 is 0 Å². The minimum Gasteiger partial charge on any atom is -0.319 e. The average Bonchev–Trinajstić information content (AvgIpc) is 3.23. The number of nitrogens with zero attached hydrogens (tertiary/aromatic N) is 3. The summed E-state index contributed by atoms with van der Waals surface area (Å²) < 4.78 is 57.0. The summed E-state index contributed by atoms with van der Waals surface area (Å²) in [5.41, 5.74) is -1.25. The first-order chi connectivity index (χ1) is 16.2. The highest BCUT2D eigenvalue weighted by Crippen LogP contribution is 2.35. The normalized spacial score (nSPS) is 11.8. The number of nitrogens with one attached hydrogen (secondary N) is 1. The van der Waals surface area contributed by atoms with Crippen LogP contribution in [0.25, 0.3) is 27.7 Å². The first-order valence-corrected chi connectivity index (χ1v) is 10.7. The Morgan fingerprint density at radius 3 is 2.53 bits per heavy atom. The van der Waals surface area contributed by atoms with Crippen LogP contribution in [0.2, 0.25) is 0 Å². The van der Waals surface area contributed by atoms with E-state index in [0.29, 0.717) is 19.9 Å². The maximum absolute atomic E-state index is 14.2. The van der Waals surface area contributed by atoms with Gasteiger partial charge >= 0.3 is 6.18 Å². The number of aromatic nitrogens is 3. The minimum atomic E-state index is -4.77. The second-order valence-electron chi connectivity index (χ2n) is 7.42. The molecular formula is C24H13BrF4N4O. The zero-order valence-electron chi connectivity index (χ0n) is 17.1. The molecule has 0 fully saturated rings. The van der Waals surface area contributed by atoms with E-state index in [2.05, 4.69) is 31.3 Å². The highest BCUT2D eigenvalue weighted by atomic mass is 79.9. The first kappa shape index (κ1) is 22.0.